The Bertz CT molecular complexity index is 658. The molecule has 0 unspecified atom stereocenters. The van der Waals surface area contributed by atoms with Gasteiger partial charge in [-0.3, -0.25) is 19.7 Å². The van der Waals surface area contributed by atoms with E-state index in [1.807, 2.05) is 0 Å². The number of hydrogen-bond donors (Lipinski definition) is 1. The highest BCUT2D eigenvalue weighted by molar-refractivity contribution is 5.10. The fourth-order valence-corrected chi connectivity index (χ4v) is 2.49. The van der Waals surface area contributed by atoms with Crippen LogP contribution in [0.1, 0.15) is 23.3 Å². The fourth-order valence-electron chi connectivity index (χ4n) is 2.49. The third kappa shape index (κ3) is 3.32. The number of hydrogen-bond acceptors (Lipinski definition) is 6. The van der Waals surface area contributed by atoms with Crippen LogP contribution >= 0.6 is 0 Å². The lowest BCUT2D eigenvalue weighted by atomic mass is 10.1. The molecule has 0 radical (unpaired) electrons. The fraction of sp³-hybridized carbons (Fsp3) is 0.429. The Balaban J connectivity index is 1.85. The normalized spacial score (nSPS) is 19.6. The van der Waals surface area contributed by atoms with E-state index in [1.165, 1.54) is 6.07 Å². The van der Waals surface area contributed by atoms with Crippen LogP contribution in [0.2, 0.25) is 0 Å². The zero-order valence-electron chi connectivity index (χ0n) is 11.8. The number of nitrogens with one attached hydrogen (secondary N) is 1. The molecular weight excluding hydrogens is 270 g/mol. The number of aromatic nitrogens is 4. The SMILES string of the molecule is Cc1nc([C@@H]2COCCN2Cc2cnccn2)cc(=O)[nH]1. The van der Waals surface area contributed by atoms with Gasteiger partial charge in [0.15, 0.2) is 0 Å². The number of ether oxygens (including phenoxy) is 1. The molecule has 0 aliphatic carbocycles. The van der Waals surface area contributed by atoms with Crippen LogP contribution in [0.4, 0.5) is 0 Å². The van der Waals surface area contributed by atoms with Crippen molar-refractivity contribution in [1.82, 2.24) is 24.8 Å². The first-order valence-electron chi connectivity index (χ1n) is 6.87. The number of H-pyrrole nitrogens is 1. The second-order valence-corrected chi connectivity index (χ2v) is 5.01. The van der Waals surface area contributed by atoms with Gasteiger partial charge in [0.05, 0.1) is 30.6 Å². The van der Waals surface area contributed by atoms with Gasteiger partial charge in [0.2, 0.25) is 0 Å². The molecule has 0 saturated carbocycles. The summed E-state index contributed by atoms with van der Waals surface area (Å²) in [5.74, 6) is 0.613. The van der Waals surface area contributed by atoms with Crippen molar-refractivity contribution in [2.24, 2.45) is 0 Å². The van der Waals surface area contributed by atoms with Gasteiger partial charge in [0.1, 0.15) is 5.82 Å². The van der Waals surface area contributed by atoms with E-state index in [1.54, 1.807) is 25.5 Å². The number of morpholine rings is 1. The van der Waals surface area contributed by atoms with Gasteiger partial charge in [-0.2, -0.15) is 0 Å². The zero-order valence-corrected chi connectivity index (χ0v) is 11.8. The average Bonchev–Trinajstić information content (AvgIpc) is 2.48. The molecule has 1 N–H and O–H groups in total. The van der Waals surface area contributed by atoms with Gasteiger partial charge in [-0.1, -0.05) is 0 Å². The van der Waals surface area contributed by atoms with E-state index in [9.17, 15) is 4.79 Å². The maximum Gasteiger partial charge on any atom is 0.251 e. The van der Waals surface area contributed by atoms with Crippen molar-refractivity contribution in [3.8, 4) is 0 Å². The maximum atomic E-state index is 11.6. The number of rotatable bonds is 3. The summed E-state index contributed by atoms with van der Waals surface area (Å²) >= 11 is 0. The lowest BCUT2D eigenvalue weighted by Gasteiger charge is -2.34. The summed E-state index contributed by atoms with van der Waals surface area (Å²) in [7, 11) is 0. The summed E-state index contributed by atoms with van der Waals surface area (Å²) in [6.45, 7) is 4.40. The average molecular weight is 287 g/mol. The van der Waals surface area contributed by atoms with E-state index in [2.05, 4.69) is 24.8 Å². The van der Waals surface area contributed by atoms with Crippen LogP contribution < -0.4 is 5.56 Å². The van der Waals surface area contributed by atoms with E-state index < -0.39 is 0 Å². The molecule has 2 aromatic heterocycles. The molecule has 0 spiro atoms. The minimum Gasteiger partial charge on any atom is -0.378 e. The molecule has 7 nitrogen and oxygen atoms in total. The highest BCUT2D eigenvalue weighted by atomic mass is 16.5. The minimum absolute atomic E-state index is 0.0400. The number of aromatic amines is 1. The molecule has 0 aromatic carbocycles. The molecule has 110 valence electrons. The summed E-state index contributed by atoms with van der Waals surface area (Å²) in [6.07, 6.45) is 5.09. The molecular formula is C14H17N5O2. The molecule has 1 saturated heterocycles. The van der Waals surface area contributed by atoms with Gasteiger partial charge in [-0.25, -0.2) is 4.98 Å². The number of nitrogens with zero attached hydrogens (tertiary/aromatic N) is 4. The number of aryl methyl sites for hydroxylation is 1. The molecule has 1 aliphatic heterocycles. The molecule has 2 aromatic rings. The molecule has 0 amide bonds. The third-order valence-corrected chi connectivity index (χ3v) is 3.44. The predicted molar refractivity (Wildman–Crippen MR) is 75.6 cm³/mol. The molecule has 0 bridgehead atoms. The second kappa shape index (κ2) is 6.11. The summed E-state index contributed by atoms with van der Waals surface area (Å²) in [4.78, 5) is 29.3. The van der Waals surface area contributed by atoms with Gasteiger partial charge in [-0.15, -0.1) is 0 Å². The Hall–Kier alpha value is -2.12. The van der Waals surface area contributed by atoms with Crippen LogP contribution in [0.15, 0.2) is 29.5 Å². The van der Waals surface area contributed by atoms with Crippen molar-refractivity contribution in [2.75, 3.05) is 19.8 Å². The van der Waals surface area contributed by atoms with Crippen molar-refractivity contribution < 1.29 is 4.74 Å². The monoisotopic (exact) mass is 287 g/mol. The van der Waals surface area contributed by atoms with Gasteiger partial charge >= 0.3 is 0 Å². The largest absolute Gasteiger partial charge is 0.378 e. The van der Waals surface area contributed by atoms with Gasteiger partial charge in [0, 0.05) is 37.7 Å². The first-order valence-corrected chi connectivity index (χ1v) is 6.87. The molecule has 21 heavy (non-hydrogen) atoms. The summed E-state index contributed by atoms with van der Waals surface area (Å²) in [6, 6.07) is 1.50. The van der Waals surface area contributed by atoms with Gasteiger partial charge < -0.3 is 9.72 Å². The topological polar surface area (TPSA) is 84.0 Å². The molecule has 7 heteroatoms. The first-order chi connectivity index (χ1) is 10.2. The molecule has 1 fully saturated rings. The van der Waals surface area contributed by atoms with Crippen LogP contribution in [-0.4, -0.2) is 44.6 Å². The van der Waals surface area contributed by atoms with Crippen LogP contribution in [0.25, 0.3) is 0 Å². The lowest BCUT2D eigenvalue weighted by Crippen LogP contribution is -2.40. The van der Waals surface area contributed by atoms with Crippen molar-refractivity contribution in [1.29, 1.82) is 0 Å². The smallest absolute Gasteiger partial charge is 0.251 e. The first kappa shape index (κ1) is 13.8. The van der Waals surface area contributed by atoms with Crippen LogP contribution in [0.5, 0.6) is 0 Å². The van der Waals surface area contributed by atoms with Crippen LogP contribution in [0, 0.1) is 6.92 Å². The quantitative estimate of drug-likeness (QED) is 0.882. The zero-order chi connectivity index (χ0) is 14.7. The Morgan fingerprint density at radius 1 is 1.48 bits per heavy atom. The van der Waals surface area contributed by atoms with Gasteiger partial charge in [-0.05, 0) is 6.92 Å². The van der Waals surface area contributed by atoms with Crippen LogP contribution in [-0.2, 0) is 11.3 Å². The van der Waals surface area contributed by atoms with E-state index in [4.69, 9.17) is 4.74 Å². The third-order valence-electron chi connectivity index (χ3n) is 3.44. The van der Waals surface area contributed by atoms with Crippen molar-refractivity contribution in [2.45, 2.75) is 19.5 Å². The highest BCUT2D eigenvalue weighted by Crippen LogP contribution is 2.23. The Labute approximate surface area is 122 Å². The highest BCUT2D eigenvalue weighted by Gasteiger charge is 2.26. The lowest BCUT2D eigenvalue weighted by molar-refractivity contribution is -0.0149. The minimum atomic E-state index is -0.137. The molecule has 1 atom stereocenters. The van der Waals surface area contributed by atoms with Crippen molar-refractivity contribution in [3.05, 3.63) is 52.2 Å². The second-order valence-electron chi connectivity index (χ2n) is 5.01. The standard InChI is InChI=1S/C14H17N5O2/c1-10-17-12(6-14(20)18-10)13-9-21-5-4-19(13)8-11-7-15-2-3-16-11/h2-3,6-7,13H,4-5,8-9H2,1H3,(H,17,18,20)/t13-/m0/s1. The van der Waals surface area contributed by atoms with Gasteiger partial charge in [0.25, 0.3) is 5.56 Å². The van der Waals surface area contributed by atoms with E-state index in [0.29, 0.717) is 25.6 Å². The predicted octanol–water partition coefficient (Wildman–Crippen LogP) is 0.442. The molecule has 3 rings (SSSR count). The summed E-state index contributed by atoms with van der Waals surface area (Å²) < 4.78 is 5.55. The summed E-state index contributed by atoms with van der Waals surface area (Å²) in [5.41, 5.74) is 1.49. The van der Waals surface area contributed by atoms with Crippen molar-refractivity contribution >= 4 is 0 Å². The van der Waals surface area contributed by atoms with E-state index in [-0.39, 0.29) is 11.6 Å². The Kier molecular flexibility index (Phi) is 4.03. The maximum absolute atomic E-state index is 11.6. The molecule has 1 aliphatic rings. The summed E-state index contributed by atoms with van der Waals surface area (Å²) in [5, 5.41) is 0. The van der Waals surface area contributed by atoms with E-state index >= 15 is 0 Å². The van der Waals surface area contributed by atoms with Crippen LogP contribution in [0.3, 0.4) is 0 Å². The molecule has 3 heterocycles. The van der Waals surface area contributed by atoms with Crippen molar-refractivity contribution in [3.63, 3.8) is 0 Å². The Morgan fingerprint density at radius 3 is 3.14 bits per heavy atom. The Morgan fingerprint density at radius 2 is 2.38 bits per heavy atom. The van der Waals surface area contributed by atoms with E-state index in [0.717, 1.165) is 17.9 Å².